The molecule has 1 N–H and O–H groups in total. The van der Waals surface area contributed by atoms with E-state index in [1.165, 1.54) is 0 Å². The van der Waals surface area contributed by atoms with Gasteiger partial charge in [-0.3, -0.25) is 9.88 Å². The number of hydrogen-bond acceptors (Lipinski definition) is 7. The van der Waals surface area contributed by atoms with Crippen molar-refractivity contribution >= 4 is 19.7 Å². The van der Waals surface area contributed by atoms with Gasteiger partial charge >= 0.3 is 19.7 Å². The monoisotopic (exact) mass is 345 g/mol. The van der Waals surface area contributed by atoms with Crippen LogP contribution in [0.1, 0.15) is 12.5 Å². The van der Waals surface area contributed by atoms with Crippen LogP contribution < -0.4 is 5.32 Å². The fraction of sp³-hybridized carbons (Fsp3) is 0.429. The highest BCUT2D eigenvalue weighted by atomic mass is 31.2. The molecule has 0 bridgehead atoms. The molecule has 0 spiro atoms. The van der Waals surface area contributed by atoms with Crippen molar-refractivity contribution in [3.05, 3.63) is 35.9 Å². The standard InChI is InChI=1S/C14H20NO7P/c1-4-22-23(18,20-3)12(13(16)19-2)15-14(17)21-10-11-8-6-5-7-9-11/h5-9,12H,4,10H2,1-3H3,(H,15,17). The fourth-order valence-electron chi connectivity index (χ4n) is 1.67. The summed E-state index contributed by atoms with van der Waals surface area (Å²) in [7, 11) is -1.71. The summed E-state index contributed by atoms with van der Waals surface area (Å²) in [6.45, 7) is 1.60. The third kappa shape index (κ3) is 5.67. The van der Waals surface area contributed by atoms with Gasteiger partial charge < -0.3 is 18.5 Å². The summed E-state index contributed by atoms with van der Waals surface area (Å²) >= 11 is 0. The Morgan fingerprint density at radius 1 is 1.22 bits per heavy atom. The highest BCUT2D eigenvalue weighted by Crippen LogP contribution is 2.51. The number of alkyl carbamates (subject to hydrolysis) is 1. The van der Waals surface area contributed by atoms with E-state index in [4.69, 9.17) is 13.8 Å². The Hall–Kier alpha value is -1.89. The van der Waals surface area contributed by atoms with Crippen LogP contribution in [-0.4, -0.2) is 38.7 Å². The van der Waals surface area contributed by atoms with Crippen LogP contribution in [-0.2, 0) is 34.5 Å². The van der Waals surface area contributed by atoms with Gasteiger partial charge in [-0.1, -0.05) is 30.3 Å². The first-order valence-corrected chi connectivity index (χ1v) is 8.43. The van der Waals surface area contributed by atoms with E-state index in [-0.39, 0.29) is 13.2 Å². The number of benzene rings is 1. The van der Waals surface area contributed by atoms with Crippen LogP contribution >= 0.6 is 7.60 Å². The van der Waals surface area contributed by atoms with Gasteiger partial charge in [0.1, 0.15) is 6.61 Å². The molecule has 0 radical (unpaired) electrons. The molecule has 0 aromatic heterocycles. The highest BCUT2D eigenvalue weighted by Gasteiger charge is 2.43. The minimum absolute atomic E-state index is 0.00746. The van der Waals surface area contributed by atoms with Gasteiger partial charge in [0.15, 0.2) is 0 Å². The number of methoxy groups -OCH3 is 1. The average molecular weight is 345 g/mol. The van der Waals surface area contributed by atoms with Crippen LogP contribution in [0.2, 0.25) is 0 Å². The van der Waals surface area contributed by atoms with Crippen molar-refractivity contribution < 1.29 is 32.7 Å². The number of rotatable bonds is 8. The first-order valence-electron chi connectivity index (χ1n) is 6.81. The van der Waals surface area contributed by atoms with Crippen LogP contribution in [0.4, 0.5) is 4.79 Å². The maximum Gasteiger partial charge on any atom is 0.408 e. The van der Waals surface area contributed by atoms with Crippen molar-refractivity contribution in [2.75, 3.05) is 20.8 Å². The van der Waals surface area contributed by atoms with Crippen LogP contribution in [0, 0.1) is 0 Å². The molecule has 1 aromatic carbocycles. The average Bonchev–Trinajstić information content (AvgIpc) is 2.58. The van der Waals surface area contributed by atoms with Crippen LogP contribution in [0.15, 0.2) is 30.3 Å². The Morgan fingerprint density at radius 2 is 1.87 bits per heavy atom. The van der Waals surface area contributed by atoms with Gasteiger partial charge in [-0.05, 0) is 12.5 Å². The number of carbonyl (C=O) groups excluding carboxylic acids is 2. The van der Waals surface area contributed by atoms with Gasteiger partial charge in [0.2, 0.25) is 5.78 Å². The molecule has 0 fully saturated rings. The molecule has 9 heteroatoms. The molecule has 1 rings (SSSR count). The van der Waals surface area contributed by atoms with E-state index in [1.54, 1.807) is 31.2 Å². The number of carbonyl (C=O) groups is 2. The lowest BCUT2D eigenvalue weighted by Crippen LogP contribution is -2.42. The Balaban J connectivity index is 2.75. The second kappa shape index (κ2) is 9.29. The molecular weight excluding hydrogens is 325 g/mol. The molecular formula is C14H20NO7P. The maximum atomic E-state index is 12.5. The van der Waals surface area contributed by atoms with Crippen molar-refractivity contribution in [1.82, 2.24) is 5.32 Å². The van der Waals surface area contributed by atoms with E-state index >= 15 is 0 Å². The third-order valence-electron chi connectivity index (χ3n) is 2.77. The van der Waals surface area contributed by atoms with E-state index in [2.05, 4.69) is 10.1 Å². The Morgan fingerprint density at radius 3 is 2.39 bits per heavy atom. The molecule has 0 saturated carbocycles. The van der Waals surface area contributed by atoms with Gasteiger partial charge in [-0.25, -0.2) is 9.59 Å². The molecule has 0 aliphatic rings. The zero-order valence-electron chi connectivity index (χ0n) is 13.2. The molecule has 0 aliphatic carbocycles. The second-order valence-electron chi connectivity index (χ2n) is 4.27. The fourth-order valence-corrected chi connectivity index (χ4v) is 3.12. The molecule has 128 valence electrons. The number of hydrogen-bond donors (Lipinski definition) is 1. The van der Waals surface area contributed by atoms with E-state index in [1.807, 2.05) is 6.07 Å². The van der Waals surface area contributed by atoms with Gasteiger partial charge in [0.05, 0.1) is 13.7 Å². The summed E-state index contributed by atoms with van der Waals surface area (Å²) < 4.78 is 31.8. The van der Waals surface area contributed by atoms with Crippen LogP contribution in [0.3, 0.4) is 0 Å². The predicted molar refractivity (Wildman–Crippen MR) is 81.8 cm³/mol. The van der Waals surface area contributed by atoms with Gasteiger partial charge in [-0.2, -0.15) is 0 Å². The van der Waals surface area contributed by atoms with Crippen molar-refractivity contribution in [3.8, 4) is 0 Å². The highest BCUT2D eigenvalue weighted by molar-refractivity contribution is 7.55. The summed E-state index contributed by atoms with van der Waals surface area (Å²) in [5.41, 5.74) is 0.761. The zero-order valence-corrected chi connectivity index (χ0v) is 14.1. The zero-order chi connectivity index (χ0) is 17.3. The third-order valence-corrected chi connectivity index (χ3v) is 4.87. The molecule has 0 saturated heterocycles. The number of nitrogens with one attached hydrogen (secondary N) is 1. The smallest absolute Gasteiger partial charge is 0.408 e. The van der Waals surface area contributed by atoms with Gasteiger partial charge in [0.25, 0.3) is 0 Å². The minimum Gasteiger partial charge on any atom is -0.467 e. The summed E-state index contributed by atoms with van der Waals surface area (Å²) in [6, 6.07) is 8.95. The number of amides is 1. The van der Waals surface area contributed by atoms with Gasteiger partial charge in [0, 0.05) is 7.11 Å². The molecule has 0 heterocycles. The SMILES string of the molecule is CCOP(=O)(OC)C(NC(=O)OCc1ccccc1)C(=O)OC. The van der Waals surface area contributed by atoms with Crippen LogP contribution in [0.25, 0.3) is 0 Å². The predicted octanol–water partition coefficient (Wildman–Crippen LogP) is 2.29. The van der Waals surface area contributed by atoms with E-state index in [0.717, 1.165) is 19.8 Å². The van der Waals surface area contributed by atoms with Crippen molar-refractivity contribution in [2.45, 2.75) is 19.3 Å². The topological polar surface area (TPSA) is 100 Å². The van der Waals surface area contributed by atoms with Crippen molar-refractivity contribution in [2.24, 2.45) is 0 Å². The molecule has 8 nitrogen and oxygen atoms in total. The summed E-state index contributed by atoms with van der Waals surface area (Å²) in [5.74, 6) is -2.57. The van der Waals surface area contributed by atoms with E-state index in [9.17, 15) is 14.2 Å². The first-order chi connectivity index (χ1) is 11.0. The Bertz CT molecular complexity index is 564. The quantitative estimate of drug-likeness (QED) is 0.570. The molecule has 23 heavy (non-hydrogen) atoms. The molecule has 1 aromatic rings. The Kier molecular flexibility index (Phi) is 7.74. The first kappa shape index (κ1) is 19.2. The van der Waals surface area contributed by atoms with Crippen molar-refractivity contribution in [1.29, 1.82) is 0 Å². The molecule has 0 aliphatic heterocycles. The summed E-state index contributed by atoms with van der Waals surface area (Å²) in [5, 5.41) is 2.17. The Labute approximate surface area is 134 Å². The lowest BCUT2D eigenvalue weighted by atomic mass is 10.2. The number of ether oxygens (including phenoxy) is 2. The molecule has 2 atom stereocenters. The van der Waals surface area contributed by atoms with E-state index in [0.29, 0.717) is 0 Å². The lowest BCUT2D eigenvalue weighted by molar-refractivity contribution is -0.141. The van der Waals surface area contributed by atoms with Crippen molar-refractivity contribution in [3.63, 3.8) is 0 Å². The summed E-state index contributed by atoms with van der Waals surface area (Å²) in [4.78, 5) is 23.6. The maximum absolute atomic E-state index is 12.5. The summed E-state index contributed by atoms with van der Waals surface area (Å²) in [6.07, 6.45) is -0.943. The molecule has 2 unspecified atom stereocenters. The molecule has 1 amide bonds. The largest absolute Gasteiger partial charge is 0.467 e. The minimum atomic E-state index is -3.92. The number of esters is 1. The normalized spacial score (nSPS) is 14.4. The van der Waals surface area contributed by atoms with Crippen LogP contribution in [0.5, 0.6) is 0 Å². The second-order valence-corrected chi connectivity index (χ2v) is 6.49. The lowest BCUT2D eigenvalue weighted by Gasteiger charge is -2.23. The van der Waals surface area contributed by atoms with E-state index < -0.39 is 25.4 Å². The van der Waals surface area contributed by atoms with Gasteiger partial charge in [-0.15, -0.1) is 0 Å².